The van der Waals surface area contributed by atoms with Crippen molar-refractivity contribution in [3.8, 4) is 0 Å². The summed E-state index contributed by atoms with van der Waals surface area (Å²) in [5, 5.41) is 9.94. The van der Waals surface area contributed by atoms with Crippen LogP contribution in [-0.2, 0) is 12.0 Å². The molecular weight excluding hydrogens is 534 g/mol. The first-order valence-corrected chi connectivity index (χ1v) is 15.9. The number of H-pyrrole nitrogens is 1. The number of benzene rings is 2. The molecule has 0 spiro atoms. The van der Waals surface area contributed by atoms with Gasteiger partial charge in [0, 0.05) is 70.5 Å². The first kappa shape index (κ1) is 28.2. The Morgan fingerprint density at radius 1 is 1.05 bits per heavy atom. The van der Waals surface area contributed by atoms with Gasteiger partial charge in [0.1, 0.15) is 0 Å². The van der Waals surface area contributed by atoms with Crippen LogP contribution in [0.3, 0.4) is 0 Å². The largest absolute Gasteiger partial charge is 0.392 e. The van der Waals surface area contributed by atoms with Gasteiger partial charge in [-0.3, -0.25) is 4.90 Å². The summed E-state index contributed by atoms with van der Waals surface area (Å²) in [7, 11) is 2.18. The van der Waals surface area contributed by atoms with Crippen LogP contribution >= 0.6 is 0 Å². The van der Waals surface area contributed by atoms with Crippen molar-refractivity contribution in [1.82, 2.24) is 24.7 Å². The number of aliphatic hydroxyl groups excluding tert-OH is 1. The minimum atomic E-state index is -0.856. The molecule has 0 bridgehead atoms. The summed E-state index contributed by atoms with van der Waals surface area (Å²) in [6, 6.07) is 12.0. The summed E-state index contributed by atoms with van der Waals surface area (Å²) in [6.07, 6.45) is 6.26. The summed E-state index contributed by atoms with van der Waals surface area (Å²) < 4.78 is 28.0. The topological polar surface area (TPSA) is 61.9 Å². The van der Waals surface area contributed by atoms with E-state index in [1.165, 1.54) is 29.7 Å². The van der Waals surface area contributed by atoms with Crippen molar-refractivity contribution in [1.29, 1.82) is 0 Å². The summed E-state index contributed by atoms with van der Waals surface area (Å²) in [5.41, 5.74) is 4.11. The number of nitrogens with zero attached hydrogens (tertiary/aromatic N) is 5. The molecule has 4 atom stereocenters. The molecule has 0 amide bonds. The number of anilines is 1. The number of nitrogens with one attached hydrogen (secondary N) is 1. The number of rotatable bonds is 9. The molecule has 9 heteroatoms. The maximum atomic E-state index is 14.0. The molecule has 2 N–H and O–H groups in total. The van der Waals surface area contributed by atoms with Gasteiger partial charge in [-0.15, -0.1) is 0 Å². The maximum absolute atomic E-state index is 14.0. The molecule has 4 aliphatic rings. The molecule has 7 nitrogen and oxygen atoms in total. The third kappa shape index (κ3) is 5.68. The molecule has 2 aromatic carbocycles. The van der Waals surface area contributed by atoms with Crippen molar-refractivity contribution in [2.45, 2.75) is 62.6 Å². The third-order valence-corrected chi connectivity index (χ3v) is 10.6. The number of aromatic amines is 1. The predicted octanol–water partition coefficient (Wildman–Crippen LogP) is 4.36. The van der Waals surface area contributed by atoms with Crippen LogP contribution in [0.5, 0.6) is 0 Å². The zero-order valence-corrected chi connectivity index (χ0v) is 24.7. The van der Waals surface area contributed by atoms with E-state index in [1.807, 2.05) is 0 Å². The monoisotopic (exact) mass is 578 g/mol. The van der Waals surface area contributed by atoms with Gasteiger partial charge in [-0.1, -0.05) is 24.3 Å². The van der Waals surface area contributed by atoms with Crippen molar-refractivity contribution >= 4 is 17.0 Å². The van der Waals surface area contributed by atoms with Crippen LogP contribution in [0.2, 0.25) is 0 Å². The summed E-state index contributed by atoms with van der Waals surface area (Å²) in [4.78, 5) is 17.8. The van der Waals surface area contributed by atoms with E-state index in [0.717, 1.165) is 97.0 Å². The molecule has 4 fully saturated rings. The molecule has 2 aliphatic heterocycles. The lowest BCUT2D eigenvalue weighted by atomic mass is 9.80. The second-order valence-corrected chi connectivity index (χ2v) is 13.4. The Balaban J connectivity index is 1.06. The van der Waals surface area contributed by atoms with E-state index in [9.17, 15) is 13.9 Å². The SMILES string of the molecule is CN1CCN(CCCN(c2nc3cc(F)c(F)cc3[nH]2)[C@@H]2CC[C@]3(c4cccc(CN5CC[C@@H](O)C5)c4)CC3C2)CC1. The number of hydrogen-bond donors (Lipinski definition) is 2. The fourth-order valence-corrected chi connectivity index (χ4v) is 7.97. The molecule has 1 unspecified atom stereocenters. The molecule has 3 heterocycles. The van der Waals surface area contributed by atoms with Crippen LogP contribution in [0, 0.1) is 17.6 Å². The Labute approximate surface area is 247 Å². The number of fused-ring (bicyclic) bond motifs is 2. The predicted molar refractivity (Wildman–Crippen MR) is 162 cm³/mol. The molecule has 0 radical (unpaired) electrons. The first-order chi connectivity index (χ1) is 20.4. The van der Waals surface area contributed by atoms with Crippen molar-refractivity contribution in [2.75, 3.05) is 64.3 Å². The van der Waals surface area contributed by atoms with Crippen LogP contribution < -0.4 is 4.90 Å². The Hall–Kier alpha value is -2.59. The highest BCUT2D eigenvalue weighted by Crippen LogP contribution is 2.63. The van der Waals surface area contributed by atoms with Crippen LogP contribution in [0.4, 0.5) is 14.7 Å². The van der Waals surface area contributed by atoms with Gasteiger partial charge in [0.25, 0.3) is 0 Å². The van der Waals surface area contributed by atoms with Gasteiger partial charge in [0.15, 0.2) is 11.6 Å². The Kier molecular flexibility index (Phi) is 7.71. The van der Waals surface area contributed by atoms with Gasteiger partial charge >= 0.3 is 0 Å². The lowest BCUT2D eigenvalue weighted by molar-refractivity contribution is 0.153. The minimum Gasteiger partial charge on any atom is -0.392 e. The molecule has 2 saturated carbocycles. The Morgan fingerprint density at radius 3 is 2.67 bits per heavy atom. The second-order valence-electron chi connectivity index (χ2n) is 13.4. The van der Waals surface area contributed by atoms with E-state index < -0.39 is 11.6 Å². The number of hydrogen-bond acceptors (Lipinski definition) is 6. The van der Waals surface area contributed by atoms with Crippen LogP contribution in [-0.4, -0.2) is 101 Å². The van der Waals surface area contributed by atoms with Crippen molar-refractivity contribution in [3.63, 3.8) is 0 Å². The normalized spacial score (nSPS) is 28.8. The standard InChI is InChI=1S/C33H44F2N6O/c1-38-12-14-39(15-13-38)9-3-10-41(32-36-30-18-28(34)29(35)19-31(30)37-32)26-6-8-33(20-25(33)17-26)24-5-2-4-23(16-24)21-40-11-7-27(42)22-40/h2,4-5,16,18-19,25-27,42H,3,6-15,17,20-22H2,1H3,(H,36,37)/t25?,26-,27-,33-/m1/s1. The lowest BCUT2D eigenvalue weighted by Gasteiger charge is -2.38. The highest BCUT2D eigenvalue weighted by molar-refractivity contribution is 5.78. The summed E-state index contributed by atoms with van der Waals surface area (Å²) in [6.45, 7) is 8.99. The smallest absolute Gasteiger partial charge is 0.204 e. The Morgan fingerprint density at radius 2 is 1.88 bits per heavy atom. The number of likely N-dealkylation sites (tertiary alicyclic amines) is 1. The molecular formula is C33H44F2N6O. The van der Waals surface area contributed by atoms with Crippen molar-refractivity contribution < 1.29 is 13.9 Å². The van der Waals surface area contributed by atoms with Gasteiger partial charge in [-0.2, -0.15) is 0 Å². The number of halogens is 2. The molecule has 7 rings (SSSR count). The fourth-order valence-electron chi connectivity index (χ4n) is 7.97. The fraction of sp³-hybridized carbons (Fsp3) is 0.606. The van der Waals surface area contributed by atoms with Crippen molar-refractivity contribution in [3.05, 3.63) is 59.2 Å². The average molecular weight is 579 g/mol. The third-order valence-electron chi connectivity index (χ3n) is 10.6. The van der Waals surface area contributed by atoms with E-state index in [0.29, 0.717) is 23.0 Å². The average Bonchev–Trinajstić information content (AvgIpc) is 3.38. The number of piperazine rings is 1. The van der Waals surface area contributed by atoms with Gasteiger partial charge in [-0.25, -0.2) is 13.8 Å². The number of imidazole rings is 1. The maximum Gasteiger partial charge on any atom is 0.204 e. The van der Waals surface area contributed by atoms with Crippen LogP contribution in [0.25, 0.3) is 11.0 Å². The first-order valence-electron chi connectivity index (χ1n) is 15.9. The van der Waals surface area contributed by atoms with E-state index in [1.54, 1.807) is 0 Å². The van der Waals surface area contributed by atoms with E-state index >= 15 is 0 Å². The van der Waals surface area contributed by atoms with Crippen LogP contribution in [0.1, 0.15) is 49.7 Å². The van der Waals surface area contributed by atoms with Crippen LogP contribution in [0.15, 0.2) is 36.4 Å². The molecule has 3 aromatic rings. The summed E-state index contributed by atoms with van der Waals surface area (Å²) in [5.74, 6) is -0.325. The van der Waals surface area contributed by atoms with Gasteiger partial charge in [-0.05, 0) is 74.6 Å². The van der Waals surface area contributed by atoms with E-state index in [-0.39, 0.29) is 11.5 Å². The van der Waals surface area contributed by atoms with E-state index in [4.69, 9.17) is 4.98 Å². The Bertz CT molecular complexity index is 1370. The number of β-amino-alcohol motifs (C(OH)–C–C–N with tert-alkyl or cyclic N) is 1. The quantitative estimate of drug-likeness (QED) is 0.394. The minimum absolute atomic E-state index is 0.191. The molecule has 1 aromatic heterocycles. The number of aliphatic hydroxyl groups is 1. The van der Waals surface area contributed by atoms with Crippen molar-refractivity contribution in [2.24, 2.45) is 5.92 Å². The van der Waals surface area contributed by atoms with E-state index in [2.05, 4.69) is 55.9 Å². The van der Waals surface area contributed by atoms with Gasteiger partial charge < -0.3 is 24.8 Å². The molecule has 2 aliphatic carbocycles. The van der Waals surface area contributed by atoms with Gasteiger partial charge in [0.2, 0.25) is 5.95 Å². The lowest BCUT2D eigenvalue weighted by Crippen LogP contribution is -2.46. The number of likely N-dealkylation sites (N-methyl/N-ethyl adjacent to an activating group) is 1. The van der Waals surface area contributed by atoms with Gasteiger partial charge in [0.05, 0.1) is 17.1 Å². The number of aromatic nitrogens is 2. The molecule has 226 valence electrons. The highest BCUT2D eigenvalue weighted by Gasteiger charge is 2.58. The zero-order chi connectivity index (χ0) is 28.8. The summed E-state index contributed by atoms with van der Waals surface area (Å²) >= 11 is 0. The molecule has 2 saturated heterocycles. The highest BCUT2D eigenvalue weighted by atomic mass is 19.2. The molecule has 42 heavy (non-hydrogen) atoms. The zero-order valence-electron chi connectivity index (χ0n) is 24.7. The second kappa shape index (κ2) is 11.5.